The van der Waals surface area contributed by atoms with E-state index in [0.29, 0.717) is 17.3 Å². The van der Waals surface area contributed by atoms with Crippen LogP contribution in [-0.2, 0) is 0 Å². The van der Waals surface area contributed by atoms with Crippen molar-refractivity contribution >= 4 is 23.5 Å². The van der Waals surface area contributed by atoms with Gasteiger partial charge in [-0.25, -0.2) is 9.13 Å². The second kappa shape index (κ2) is 12.5. The van der Waals surface area contributed by atoms with Gasteiger partial charge in [0, 0.05) is 45.1 Å². The fraction of sp³-hybridized carbons (Fsp3) is 0.565. The maximum Gasteiger partial charge on any atom is 0.170 e. The molecule has 2 heterocycles. The number of pyridine rings is 2. The number of rotatable bonds is 7. The van der Waals surface area contributed by atoms with Crippen molar-refractivity contribution in [3.8, 4) is 0 Å². The summed E-state index contributed by atoms with van der Waals surface area (Å²) in [6.07, 6.45) is 8.62. The zero-order valence-electron chi connectivity index (χ0n) is 18.3. The first-order valence-corrected chi connectivity index (χ1v) is 11.9. The Bertz CT molecular complexity index is 632. The summed E-state index contributed by atoms with van der Waals surface area (Å²) in [4.78, 5) is 2.72. The van der Waals surface area contributed by atoms with Crippen LogP contribution in [0, 0.1) is 5.92 Å². The highest BCUT2D eigenvalue weighted by Crippen LogP contribution is 2.21. The molecule has 4 heteroatoms. The standard InChI is InChI=1S/C12H20NS.C11H18NS/c1-10(2)9-14-12-5-7-13(8-6-12)11(3)4;1-9(2)12-7-5-11(6-8-12)13-10(3)4/h5-8,10-11H,9H2,1-4H3;5-10H,1-4H3/q2*+1. The Morgan fingerprint density at radius 3 is 1.41 bits per heavy atom. The van der Waals surface area contributed by atoms with Crippen LogP contribution < -0.4 is 9.13 Å². The van der Waals surface area contributed by atoms with Crippen molar-refractivity contribution in [3.05, 3.63) is 49.1 Å². The molecular weight excluding hydrogens is 368 g/mol. The molecule has 0 saturated heterocycles. The van der Waals surface area contributed by atoms with Gasteiger partial charge in [-0.05, 0) is 33.6 Å². The third kappa shape index (κ3) is 10.2. The smallest absolute Gasteiger partial charge is 0.170 e. The SMILES string of the molecule is CC(C)CSc1cc[n+](C(C)C)cc1.CC(C)Sc1cc[n+](C(C)C)cc1. The highest BCUT2D eigenvalue weighted by Gasteiger charge is 2.06. The number of hydrogen-bond acceptors (Lipinski definition) is 2. The van der Waals surface area contributed by atoms with Gasteiger partial charge in [-0.3, -0.25) is 0 Å². The van der Waals surface area contributed by atoms with Crippen LogP contribution in [0.3, 0.4) is 0 Å². The van der Waals surface area contributed by atoms with Gasteiger partial charge in [0.25, 0.3) is 0 Å². The zero-order chi connectivity index (χ0) is 20.4. The molecule has 2 rings (SSSR count). The lowest BCUT2D eigenvalue weighted by atomic mass is 10.3. The number of aromatic nitrogens is 2. The van der Waals surface area contributed by atoms with Crippen LogP contribution in [0.2, 0.25) is 0 Å². The van der Waals surface area contributed by atoms with Gasteiger partial charge in [0.1, 0.15) is 0 Å². The van der Waals surface area contributed by atoms with Crippen molar-refractivity contribution in [1.29, 1.82) is 0 Å². The molecule has 0 spiro atoms. The molecule has 2 nitrogen and oxygen atoms in total. The van der Waals surface area contributed by atoms with E-state index >= 15 is 0 Å². The summed E-state index contributed by atoms with van der Waals surface area (Å²) in [6, 6.07) is 9.88. The lowest BCUT2D eigenvalue weighted by molar-refractivity contribution is -0.716. The third-order valence-corrected chi connectivity index (χ3v) is 6.25. The van der Waals surface area contributed by atoms with Crippen molar-refractivity contribution in [2.75, 3.05) is 5.75 Å². The molecule has 0 aliphatic carbocycles. The minimum atomic E-state index is 0.554. The predicted octanol–water partition coefficient (Wildman–Crippen LogP) is 6.36. The largest absolute Gasteiger partial charge is 0.203 e. The van der Waals surface area contributed by atoms with E-state index < -0.39 is 0 Å². The molecule has 0 saturated carbocycles. The van der Waals surface area contributed by atoms with Crippen molar-refractivity contribution in [1.82, 2.24) is 0 Å². The van der Waals surface area contributed by atoms with Gasteiger partial charge in [-0.15, -0.1) is 23.5 Å². The molecule has 0 radical (unpaired) electrons. The zero-order valence-corrected chi connectivity index (χ0v) is 20.0. The minimum absolute atomic E-state index is 0.554. The molecule has 0 amide bonds. The maximum atomic E-state index is 2.25. The average Bonchev–Trinajstić information content (AvgIpc) is 2.61. The molecule has 0 atom stereocenters. The van der Waals surface area contributed by atoms with Gasteiger partial charge in [0.15, 0.2) is 36.9 Å². The van der Waals surface area contributed by atoms with E-state index in [1.807, 2.05) is 23.5 Å². The molecule has 27 heavy (non-hydrogen) atoms. The van der Waals surface area contributed by atoms with E-state index in [4.69, 9.17) is 0 Å². The average molecular weight is 407 g/mol. The fourth-order valence-corrected chi connectivity index (χ4v) is 3.91. The summed E-state index contributed by atoms with van der Waals surface area (Å²) in [7, 11) is 0. The Balaban J connectivity index is 0.000000271. The number of nitrogens with zero attached hydrogens (tertiary/aromatic N) is 2. The number of thioether (sulfide) groups is 2. The molecule has 150 valence electrons. The van der Waals surface area contributed by atoms with Crippen LogP contribution in [0.25, 0.3) is 0 Å². The van der Waals surface area contributed by atoms with Crippen LogP contribution in [0.4, 0.5) is 0 Å². The third-order valence-electron chi connectivity index (χ3n) is 3.79. The molecule has 2 aromatic rings. The Labute approximate surface area is 175 Å². The summed E-state index contributed by atoms with van der Waals surface area (Å²) in [6.45, 7) is 17.7. The van der Waals surface area contributed by atoms with Crippen LogP contribution in [0.5, 0.6) is 0 Å². The van der Waals surface area contributed by atoms with Crippen molar-refractivity contribution < 1.29 is 9.13 Å². The van der Waals surface area contributed by atoms with Crippen molar-refractivity contribution in [3.63, 3.8) is 0 Å². The van der Waals surface area contributed by atoms with Gasteiger partial charge in [0.05, 0.1) is 0 Å². The highest BCUT2D eigenvalue weighted by atomic mass is 32.2. The summed E-state index contributed by atoms with van der Waals surface area (Å²) in [5.41, 5.74) is 0. The minimum Gasteiger partial charge on any atom is -0.203 e. The lowest BCUT2D eigenvalue weighted by Gasteiger charge is -2.04. The van der Waals surface area contributed by atoms with E-state index in [1.54, 1.807) is 0 Å². The van der Waals surface area contributed by atoms with Crippen molar-refractivity contribution in [2.45, 2.75) is 82.5 Å². The lowest BCUT2D eigenvalue weighted by Crippen LogP contribution is -2.34. The van der Waals surface area contributed by atoms with E-state index in [9.17, 15) is 0 Å². The van der Waals surface area contributed by atoms with E-state index in [1.165, 1.54) is 15.5 Å². The topological polar surface area (TPSA) is 7.76 Å². The van der Waals surface area contributed by atoms with Crippen LogP contribution in [0.15, 0.2) is 58.8 Å². The van der Waals surface area contributed by atoms with E-state index in [0.717, 1.165) is 5.92 Å². The Morgan fingerprint density at radius 2 is 1.07 bits per heavy atom. The van der Waals surface area contributed by atoms with Gasteiger partial charge < -0.3 is 0 Å². The Hall–Kier alpha value is -1.00. The number of hydrogen-bond donors (Lipinski definition) is 0. The van der Waals surface area contributed by atoms with E-state index in [2.05, 4.69) is 114 Å². The maximum absolute atomic E-state index is 2.25. The summed E-state index contributed by atoms with van der Waals surface area (Å²) in [5, 5.41) is 0.662. The predicted molar refractivity (Wildman–Crippen MR) is 121 cm³/mol. The molecule has 0 aromatic carbocycles. The van der Waals surface area contributed by atoms with Gasteiger partial charge in [0.2, 0.25) is 0 Å². The molecule has 0 N–H and O–H groups in total. The second-order valence-corrected chi connectivity index (χ2v) is 10.8. The highest BCUT2D eigenvalue weighted by molar-refractivity contribution is 8.00. The second-order valence-electron chi connectivity index (χ2n) is 8.02. The molecule has 0 fully saturated rings. The van der Waals surface area contributed by atoms with Crippen molar-refractivity contribution in [2.24, 2.45) is 5.92 Å². The first kappa shape index (κ1) is 24.0. The van der Waals surface area contributed by atoms with Gasteiger partial charge >= 0.3 is 0 Å². The quantitative estimate of drug-likeness (QED) is 0.390. The first-order valence-electron chi connectivity index (χ1n) is 10.00. The molecule has 0 bridgehead atoms. The molecule has 0 aliphatic rings. The first-order chi connectivity index (χ1) is 12.7. The Morgan fingerprint density at radius 1 is 0.667 bits per heavy atom. The van der Waals surface area contributed by atoms with Gasteiger partial charge in [-0.2, -0.15) is 0 Å². The normalized spacial score (nSPS) is 11.3. The molecule has 0 unspecified atom stereocenters. The summed E-state index contributed by atoms with van der Waals surface area (Å²) in [5.74, 6) is 1.96. The molecule has 0 aliphatic heterocycles. The van der Waals surface area contributed by atoms with Crippen LogP contribution in [-0.4, -0.2) is 11.0 Å². The van der Waals surface area contributed by atoms with E-state index in [-0.39, 0.29) is 0 Å². The molecular formula is C23H38N2S2+2. The monoisotopic (exact) mass is 406 g/mol. The summed E-state index contributed by atoms with van der Waals surface area (Å²) >= 11 is 3.84. The fourth-order valence-electron chi connectivity index (χ4n) is 2.25. The summed E-state index contributed by atoms with van der Waals surface area (Å²) < 4.78 is 4.43. The Kier molecular flexibility index (Phi) is 11.1. The van der Waals surface area contributed by atoms with Crippen LogP contribution in [0.1, 0.15) is 67.5 Å². The molecule has 2 aromatic heterocycles. The van der Waals surface area contributed by atoms with Crippen LogP contribution >= 0.6 is 23.5 Å². The van der Waals surface area contributed by atoms with Gasteiger partial charge in [-0.1, -0.05) is 27.7 Å².